The summed E-state index contributed by atoms with van der Waals surface area (Å²) in [4.78, 5) is 24.8. The van der Waals surface area contributed by atoms with Gasteiger partial charge in [-0.25, -0.2) is 14.8 Å². The van der Waals surface area contributed by atoms with Crippen LogP contribution in [-0.4, -0.2) is 44.2 Å². The predicted octanol–water partition coefficient (Wildman–Crippen LogP) is 3.11. The van der Waals surface area contributed by atoms with Gasteiger partial charge in [-0.05, 0) is 38.0 Å². The number of nitrogens with zero attached hydrogens (tertiary/aromatic N) is 4. The van der Waals surface area contributed by atoms with E-state index in [2.05, 4.69) is 39.3 Å². The molecule has 134 valence electrons. The molecule has 1 saturated heterocycles. The lowest BCUT2D eigenvalue weighted by Gasteiger charge is -2.28. The first-order valence-electron chi connectivity index (χ1n) is 8.83. The number of urea groups is 1. The van der Waals surface area contributed by atoms with Gasteiger partial charge in [0, 0.05) is 23.9 Å². The molecule has 7 nitrogen and oxygen atoms in total. The Labute approximate surface area is 151 Å². The largest absolute Gasteiger partial charge is 0.324 e. The normalized spacial score (nSPS) is 22.0. The molecule has 2 N–H and O–H groups in total. The van der Waals surface area contributed by atoms with Crippen molar-refractivity contribution in [2.24, 2.45) is 5.41 Å². The molecule has 2 aromatic rings. The van der Waals surface area contributed by atoms with Crippen LogP contribution in [0.5, 0.6) is 0 Å². The third-order valence-electron chi connectivity index (χ3n) is 5.12. The second-order valence-corrected chi connectivity index (χ2v) is 8.95. The number of aryl methyl sites for hydroxylation is 2. The molecule has 3 heterocycles. The van der Waals surface area contributed by atoms with Crippen molar-refractivity contribution in [2.75, 3.05) is 18.4 Å². The van der Waals surface area contributed by atoms with Gasteiger partial charge in [0.2, 0.25) is 0 Å². The smallest absolute Gasteiger partial charge is 0.323 e. The molecule has 25 heavy (non-hydrogen) atoms. The van der Waals surface area contributed by atoms with Crippen molar-refractivity contribution < 1.29 is 4.79 Å². The molecule has 0 radical (unpaired) electrons. The minimum absolute atomic E-state index is 0.0693. The summed E-state index contributed by atoms with van der Waals surface area (Å²) in [5.74, 6) is 1.83. The van der Waals surface area contributed by atoms with Gasteiger partial charge < -0.3 is 4.90 Å². The molecular formula is C17H24N6OS. The lowest BCUT2D eigenvalue weighted by atomic mass is 9.79. The van der Waals surface area contributed by atoms with Crippen LogP contribution >= 0.6 is 11.3 Å². The van der Waals surface area contributed by atoms with E-state index in [1.165, 1.54) is 4.88 Å². The van der Waals surface area contributed by atoms with E-state index in [1.54, 1.807) is 11.3 Å². The van der Waals surface area contributed by atoms with Crippen molar-refractivity contribution in [1.82, 2.24) is 25.1 Å². The van der Waals surface area contributed by atoms with Gasteiger partial charge in [0.25, 0.3) is 0 Å². The number of nitrogens with one attached hydrogen (secondary N) is 2. The Morgan fingerprint density at radius 1 is 1.40 bits per heavy atom. The van der Waals surface area contributed by atoms with Gasteiger partial charge in [-0.3, -0.25) is 10.4 Å². The summed E-state index contributed by atoms with van der Waals surface area (Å²) in [6.45, 7) is 7.86. The quantitative estimate of drug-likeness (QED) is 0.861. The fourth-order valence-electron chi connectivity index (χ4n) is 3.62. The third-order valence-corrected chi connectivity index (χ3v) is 6.14. The summed E-state index contributed by atoms with van der Waals surface area (Å²) in [6.07, 6.45) is 4.10. The SMILES string of the molecule is Cc1nc(C2CCN(C(=O)Nc3nc4c(s3)CC(C)(C)CC4)C2)n[nH]1. The number of rotatable bonds is 2. The summed E-state index contributed by atoms with van der Waals surface area (Å²) >= 11 is 1.63. The number of carbonyl (C=O) groups excluding carboxylic acids is 1. The van der Waals surface area contributed by atoms with Crippen molar-refractivity contribution in [3.8, 4) is 0 Å². The Morgan fingerprint density at radius 2 is 2.24 bits per heavy atom. The number of amides is 2. The highest BCUT2D eigenvalue weighted by Gasteiger charge is 2.31. The molecule has 0 spiro atoms. The highest BCUT2D eigenvalue weighted by molar-refractivity contribution is 7.15. The number of fused-ring (bicyclic) bond motifs is 1. The van der Waals surface area contributed by atoms with Crippen molar-refractivity contribution in [3.05, 3.63) is 22.2 Å². The van der Waals surface area contributed by atoms with Gasteiger partial charge >= 0.3 is 6.03 Å². The van der Waals surface area contributed by atoms with Crippen molar-refractivity contribution in [2.45, 2.75) is 52.4 Å². The zero-order valence-corrected chi connectivity index (χ0v) is 15.7. The summed E-state index contributed by atoms with van der Waals surface area (Å²) in [7, 11) is 0. The van der Waals surface area contributed by atoms with Gasteiger partial charge in [0.05, 0.1) is 5.69 Å². The molecular weight excluding hydrogens is 336 g/mol. The third kappa shape index (κ3) is 3.40. The van der Waals surface area contributed by atoms with E-state index in [0.29, 0.717) is 12.0 Å². The summed E-state index contributed by atoms with van der Waals surface area (Å²) in [6, 6.07) is -0.0693. The summed E-state index contributed by atoms with van der Waals surface area (Å²) < 4.78 is 0. The monoisotopic (exact) mass is 360 g/mol. The highest BCUT2D eigenvalue weighted by atomic mass is 32.1. The Kier molecular flexibility index (Phi) is 4.02. The Hall–Kier alpha value is -1.96. The van der Waals surface area contributed by atoms with Crippen LogP contribution in [0, 0.1) is 12.3 Å². The van der Waals surface area contributed by atoms with Crippen LogP contribution in [-0.2, 0) is 12.8 Å². The van der Waals surface area contributed by atoms with E-state index in [0.717, 1.165) is 54.7 Å². The first-order chi connectivity index (χ1) is 11.9. The van der Waals surface area contributed by atoms with Crippen molar-refractivity contribution >= 4 is 22.5 Å². The van der Waals surface area contributed by atoms with Crippen molar-refractivity contribution in [1.29, 1.82) is 0 Å². The molecule has 1 atom stereocenters. The molecule has 2 aliphatic rings. The van der Waals surface area contributed by atoms with E-state index < -0.39 is 0 Å². The first-order valence-corrected chi connectivity index (χ1v) is 9.65. The maximum Gasteiger partial charge on any atom is 0.323 e. The predicted molar refractivity (Wildman–Crippen MR) is 97.0 cm³/mol. The molecule has 1 aliphatic heterocycles. The number of likely N-dealkylation sites (tertiary alicyclic amines) is 1. The fourth-order valence-corrected chi connectivity index (χ4v) is 4.87. The molecule has 0 saturated carbocycles. The molecule has 1 unspecified atom stereocenters. The maximum absolute atomic E-state index is 12.6. The fraction of sp³-hybridized carbons (Fsp3) is 0.647. The average molecular weight is 360 g/mol. The molecule has 1 fully saturated rings. The van der Waals surface area contributed by atoms with Crippen LogP contribution in [0.15, 0.2) is 0 Å². The Bertz CT molecular complexity index is 795. The van der Waals surface area contributed by atoms with Crippen LogP contribution in [0.25, 0.3) is 0 Å². The number of aromatic nitrogens is 4. The van der Waals surface area contributed by atoms with E-state index in [9.17, 15) is 4.79 Å². The number of hydrogen-bond acceptors (Lipinski definition) is 5. The standard InChI is InChI=1S/C17H24N6OS/c1-10-18-14(22-21-10)11-5-7-23(9-11)16(24)20-15-19-12-4-6-17(2,3)8-13(12)25-15/h11H,4-9H2,1-3H3,(H,18,21,22)(H,19,20,24). The van der Waals surface area contributed by atoms with Crippen LogP contribution in [0.3, 0.4) is 0 Å². The van der Waals surface area contributed by atoms with E-state index in [4.69, 9.17) is 0 Å². The van der Waals surface area contributed by atoms with Gasteiger partial charge in [0.1, 0.15) is 5.82 Å². The zero-order chi connectivity index (χ0) is 17.6. The molecule has 4 rings (SSSR count). The van der Waals surface area contributed by atoms with Gasteiger partial charge in [0.15, 0.2) is 11.0 Å². The number of aromatic amines is 1. The van der Waals surface area contributed by atoms with Crippen LogP contribution in [0.1, 0.15) is 54.8 Å². The highest BCUT2D eigenvalue weighted by Crippen LogP contribution is 2.38. The van der Waals surface area contributed by atoms with Crippen molar-refractivity contribution in [3.63, 3.8) is 0 Å². The number of hydrogen-bond donors (Lipinski definition) is 2. The lowest BCUT2D eigenvalue weighted by Crippen LogP contribution is -2.32. The second-order valence-electron chi connectivity index (χ2n) is 7.87. The molecule has 2 amide bonds. The Morgan fingerprint density at radius 3 is 3.00 bits per heavy atom. The maximum atomic E-state index is 12.6. The topological polar surface area (TPSA) is 86.8 Å². The Balaban J connectivity index is 1.39. The second kappa shape index (κ2) is 6.09. The molecule has 0 bridgehead atoms. The van der Waals surface area contributed by atoms with Gasteiger partial charge in [-0.15, -0.1) is 11.3 Å². The van der Waals surface area contributed by atoms with E-state index >= 15 is 0 Å². The number of carbonyl (C=O) groups is 1. The summed E-state index contributed by atoms with van der Waals surface area (Å²) in [5.41, 5.74) is 1.49. The molecule has 2 aromatic heterocycles. The molecule has 1 aliphatic carbocycles. The minimum Gasteiger partial charge on any atom is -0.324 e. The van der Waals surface area contributed by atoms with E-state index in [1.807, 2.05) is 11.8 Å². The lowest BCUT2D eigenvalue weighted by molar-refractivity contribution is 0.222. The average Bonchev–Trinajstić information content (AvgIpc) is 3.24. The van der Waals surface area contributed by atoms with Gasteiger partial charge in [-0.1, -0.05) is 13.8 Å². The van der Waals surface area contributed by atoms with Crippen LogP contribution in [0.2, 0.25) is 0 Å². The molecule has 0 aromatic carbocycles. The van der Waals surface area contributed by atoms with Crippen LogP contribution < -0.4 is 5.32 Å². The van der Waals surface area contributed by atoms with E-state index in [-0.39, 0.29) is 11.9 Å². The van der Waals surface area contributed by atoms with Gasteiger partial charge in [-0.2, -0.15) is 5.10 Å². The minimum atomic E-state index is -0.0693. The first kappa shape index (κ1) is 16.5. The number of anilines is 1. The number of thiazole rings is 1. The van der Waals surface area contributed by atoms with Crippen LogP contribution in [0.4, 0.5) is 9.93 Å². The zero-order valence-electron chi connectivity index (χ0n) is 14.9. The summed E-state index contributed by atoms with van der Waals surface area (Å²) in [5, 5.41) is 10.8. The molecule has 8 heteroatoms. The number of H-pyrrole nitrogens is 1.